The predicted molar refractivity (Wildman–Crippen MR) is 145 cm³/mol. The Bertz CT molecular complexity index is 1450. The molecule has 0 bridgehead atoms. The van der Waals surface area contributed by atoms with Gasteiger partial charge in [0.25, 0.3) is 5.56 Å². The summed E-state index contributed by atoms with van der Waals surface area (Å²) in [6.07, 6.45) is 0.00902. The number of carbonyl (C=O) groups excluding carboxylic acids is 1. The van der Waals surface area contributed by atoms with Crippen LogP contribution >= 0.6 is 0 Å². The molecule has 3 aromatic carbocycles. The molecule has 7 nitrogen and oxygen atoms in total. The molecular formula is C30H32FN3O4. The van der Waals surface area contributed by atoms with Crippen LogP contribution in [0.1, 0.15) is 38.2 Å². The Kier molecular flexibility index (Phi) is 8.86. The van der Waals surface area contributed by atoms with Crippen molar-refractivity contribution < 1.29 is 18.7 Å². The molecule has 8 heteroatoms. The molecule has 0 aliphatic carbocycles. The van der Waals surface area contributed by atoms with Crippen molar-refractivity contribution in [3.05, 3.63) is 100 Å². The quantitative estimate of drug-likeness (QED) is 0.259. The van der Waals surface area contributed by atoms with Gasteiger partial charge in [0.2, 0.25) is 5.91 Å². The Morgan fingerprint density at radius 3 is 2.50 bits per heavy atom. The Morgan fingerprint density at radius 1 is 1.03 bits per heavy atom. The third-order valence-corrected chi connectivity index (χ3v) is 6.29. The highest BCUT2D eigenvalue weighted by Gasteiger charge is 2.27. The fourth-order valence-corrected chi connectivity index (χ4v) is 4.44. The SMILES string of the molecule is CCOCCN(C(=O)Cc1cccc(F)c1)[C@H](C)c1nc2ccccc2c(=O)n1-c1ccc(OCC)cc1. The highest BCUT2D eigenvalue weighted by Crippen LogP contribution is 2.25. The normalized spacial score (nSPS) is 11.9. The van der Waals surface area contributed by atoms with E-state index in [0.29, 0.717) is 53.5 Å². The van der Waals surface area contributed by atoms with Gasteiger partial charge in [-0.15, -0.1) is 0 Å². The van der Waals surface area contributed by atoms with Gasteiger partial charge >= 0.3 is 0 Å². The van der Waals surface area contributed by atoms with Crippen molar-refractivity contribution in [2.45, 2.75) is 33.2 Å². The molecule has 0 saturated carbocycles. The minimum Gasteiger partial charge on any atom is -0.494 e. The van der Waals surface area contributed by atoms with Crippen LogP contribution in [0.4, 0.5) is 4.39 Å². The van der Waals surface area contributed by atoms with Crippen LogP contribution in [0.25, 0.3) is 16.6 Å². The van der Waals surface area contributed by atoms with E-state index in [4.69, 9.17) is 14.5 Å². The molecule has 1 heterocycles. The minimum absolute atomic E-state index is 0.00902. The fraction of sp³-hybridized carbons (Fsp3) is 0.300. The van der Waals surface area contributed by atoms with E-state index in [0.717, 1.165) is 0 Å². The first-order chi connectivity index (χ1) is 18.4. The van der Waals surface area contributed by atoms with Gasteiger partial charge in [-0.2, -0.15) is 0 Å². The molecule has 1 atom stereocenters. The average Bonchev–Trinajstić information content (AvgIpc) is 2.91. The Labute approximate surface area is 221 Å². The van der Waals surface area contributed by atoms with Crippen LogP contribution in [0.15, 0.2) is 77.6 Å². The summed E-state index contributed by atoms with van der Waals surface area (Å²) < 4.78 is 26.5. The number of carbonyl (C=O) groups is 1. The van der Waals surface area contributed by atoms with Crippen LogP contribution in [0.5, 0.6) is 5.75 Å². The lowest BCUT2D eigenvalue weighted by Crippen LogP contribution is -2.40. The highest BCUT2D eigenvalue weighted by atomic mass is 19.1. The van der Waals surface area contributed by atoms with Crippen molar-refractivity contribution in [2.24, 2.45) is 0 Å². The molecule has 0 radical (unpaired) electrons. The van der Waals surface area contributed by atoms with Crippen molar-refractivity contribution in [1.29, 1.82) is 0 Å². The molecule has 38 heavy (non-hydrogen) atoms. The molecule has 0 unspecified atom stereocenters. The molecule has 0 aliphatic heterocycles. The molecule has 1 aromatic heterocycles. The maximum absolute atomic E-state index is 13.8. The lowest BCUT2D eigenvalue weighted by molar-refractivity contribution is -0.133. The van der Waals surface area contributed by atoms with E-state index in [9.17, 15) is 14.0 Å². The second kappa shape index (κ2) is 12.5. The number of hydrogen-bond acceptors (Lipinski definition) is 5. The summed E-state index contributed by atoms with van der Waals surface area (Å²) in [4.78, 5) is 33.8. The number of aromatic nitrogens is 2. The van der Waals surface area contributed by atoms with E-state index in [1.807, 2.05) is 26.8 Å². The standard InChI is InChI=1S/C30H32FN3O4/c1-4-37-18-17-33(28(35)20-22-9-8-10-23(31)19-22)21(3)29-32-27-12-7-6-11-26(27)30(36)34(29)24-13-15-25(16-14-24)38-5-2/h6-16,19,21H,4-5,17-18,20H2,1-3H3/t21-/m1/s1. The van der Waals surface area contributed by atoms with Gasteiger partial charge in [0.15, 0.2) is 0 Å². The number of hydrogen-bond donors (Lipinski definition) is 0. The molecular weight excluding hydrogens is 485 g/mol. The van der Waals surface area contributed by atoms with E-state index in [1.165, 1.54) is 12.1 Å². The molecule has 198 valence electrons. The molecule has 4 aromatic rings. The van der Waals surface area contributed by atoms with E-state index < -0.39 is 11.9 Å². The highest BCUT2D eigenvalue weighted by molar-refractivity contribution is 5.80. The van der Waals surface area contributed by atoms with Crippen LogP contribution in [-0.2, 0) is 16.0 Å². The van der Waals surface area contributed by atoms with Gasteiger partial charge in [-0.1, -0.05) is 24.3 Å². The number of benzene rings is 3. The van der Waals surface area contributed by atoms with Crippen molar-refractivity contribution in [1.82, 2.24) is 14.5 Å². The maximum Gasteiger partial charge on any atom is 0.266 e. The van der Waals surface area contributed by atoms with Crippen molar-refractivity contribution in [2.75, 3.05) is 26.4 Å². The Balaban J connectivity index is 1.80. The minimum atomic E-state index is -0.583. The van der Waals surface area contributed by atoms with Crippen molar-refractivity contribution >= 4 is 16.8 Å². The monoisotopic (exact) mass is 517 g/mol. The first-order valence-electron chi connectivity index (χ1n) is 12.8. The molecule has 1 amide bonds. The summed E-state index contributed by atoms with van der Waals surface area (Å²) in [6, 6.07) is 19.8. The maximum atomic E-state index is 13.8. The summed E-state index contributed by atoms with van der Waals surface area (Å²) in [7, 11) is 0. The number of rotatable bonds is 11. The average molecular weight is 518 g/mol. The number of ether oxygens (including phenoxy) is 2. The molecule has 0 saturated heterocycles. The molecule has 0 aliphatic rings. The third-order valence-electron chi connectivity index (χ3n) is 6.29. The summed E-state index contributed by atoms with van der Waals surface area (Å²) in [6.45, 7) is 7.27. The number of para-hydroxylation sites is 1. The van der Waals surface area contributed by atoms with Gasteiger partial charge in [0.05, 0.1) is 42.3 Å². The van der Waals surface area contributed by atoms with Crippen LogP contribution in [0.3, 0.4) is 0 Å². The predicted octanol–water partition coefficient (Wildman–Crippen LogP) is 5.09. The van der Waals surface area contributed by atoms with Crippen LogP contribution in [0, 0.1) is 5.82 Å². The van der Waals surface area contributed by atoms with Crippen molar-refractivity contribution in [3.63, 3.8) is 0 Å². The lowest BCUT2D eigenvalue weighted by atomic mass is 10.1. The van der Waals surface area contributed by atoms with Crippen molar-refractivity contribution in [3.8, 4) is 11.4 Å². The lowest BCUT2D eigenvalue weighted by Gasteiger charge is -2.30. The number of halogens is 1. The topological polar surface area (TPSA) is 73.7 Å². The van der Waals surface area contributed by atoms with Crippen LogP contribution in [0.2, 0.25) is 0 Å². The second-order valence-electron chi connectivity index (χ2n) is 8.82. The molecule has 0 spiro atoms. The number of amides is 1. The van der Waals surface area contributed by atoms with E-state index in [-0.39, 0.29) is 24.4 Å². The largest absolute Gasteiger partial charge is 0.494 e. The summed E-state index contributed by atoms with van der Waals surface area (Å²) >= 11 is 0. The Morgan fingerprint density at radius 2 is 1.79 bits per heavy atom. The first-order valence-corrected chi connectivity index (χ1v) is 12.8. The number of nitrogens with zero attached hydrogens (tertiary/aromatic N) is 3. The van der Waals surface area contributed by atoms with Gasteiger partial charge in [0.1, 0.15) is 17.4 Å². The van der Waals surface area contributed by atoms with Gasteiger partial charge in [-0.05, 0) is 74.9 Å². The van der Waals surface area contributed by atoms with Gasteiger partial charge < -0.3 is 14.4 Å². The zero-order valence-electron chi connectivity index (χ0n) is 21.9. The smallest absolute Gasteiger partial charge is 0.266 e. The van der Waals surface area contributed by atoms with E-state index in [2.05, 4.69) is 0 Å². The number of fused-ring (bicyclic) bond motifs is 1. The van der Waals surface area contributed by atoms with Crippen LogP contribution < -0.4 is 10.3 Å². The van der Waals surface area contributed by atoms with Crippen LogP contribution in [-0.4, -0.2) is 46.7 Å². The third kappa shape index (κ3) is 6.08. The van der Waals surface area contributed by atoms with E-state index >= 15 is 0 Å². The van der Waals surface area contributed by atoms with E-state index in [1.54, 1.807) is 64.1 Å². The summed E-state index contributed by atoms with van der Waals surface area (Å²) in [5, 5.41) is 0.476. The fourth-order valence-electron chi connectivity index (χ4n) is 4.44. The first kappa shape index (κ1) is 27.0. The van der Waals surface area contributed by atoms with Gasteiger partial charge in [-0.3, -0.25) is 14.2 Å². The molecule has 0 fully saturated rings. The van der Waals surface area contributed by atoms with Gasteiger partial charge in [0, 0.05) is 13.2 Å². The zero-order chi connectivity index (χ0) is 27.1. The second-order valence-corrected chi connectivity index (χ2v) is 8.82. The Hall–Kier alpha value is -4.04. The molecule has 4 rings (SSSR count). The zero-order valence-corrected chi connectivity index (χ0v) is 21.9. The van der Waals surface area contributed by atoms with Gasteiger partial charge in [-0.25, -0.2) is 9.37 Å². The summed E-state index contributed by atoms with van der Waals surface area (Å²) in [5.74, 6) is 0.492. The summed E-state index contributed by atoms with van der Waals surface area (Å²) in [5.41, 5.74) is 1.49. The molecule has 0 N–H and O–H groups in total.